The van der Waals surface area contributed by atoms with Crippen molar-refractivity contribution in [2.24, 2.45) is 0 Å². The molecule has 0 atom stereocenters. The molecule has 0 aliphatic rings. The summed E-state index contributed by atoms with van der Waals surface area (Å²) in [6.07, 6.45) is 1.49. The molecule has 2 aromatic carbocycles. The molecule has 0 unspecified atom stereocenters. The van der Waals surface area contributed by atoms with Crippen LogP contribution in [0.3, 0.4) is 0 Å². The molecule has 0 aliphatic heterocycles. The first-order chi connectivity index (χ1) is 7.34. The molecule has 15 heavy (non-hydrogen) atoms. The van der Waals surface area contributed by atoms with Gasteiger partial charge in [-0.05, 0) is 22.9 Å². The quantitative estimate of drug-likeness (QED) is 0.423. The lowest BCUT2D eigenvalue weighted by molar-refractivity contribution is 1.22. The second-order valence-corrected chi connectivity index (χ2v) is 3.74. The van der Waals surface area contributed by atoms with Crippen molar-refractivity contribution in [1.82, 2.24) is 9.97 Å². The van der Waals surface area contributed by atoms with Gasteiger partial charge in [0.25, 0.3) is 0 Å². The number of hydrogen-bond acceptors (Lipinski definition) is 2. The van der Waals surface area contributed by atoms with Crippen LogP contribution in [0.2, 0.25) is 5.15 Å². The second-order valence-electron chi connectivity index (χ2n) is 3.38. The number of rotatable bonds is 0. The normalized spacial score (nSPS) is 11.0. The Kier molecular flexibility index (Phi) is 1.82. The fraction of sp³-hybridized carbons (Fsp3) is 0. The SMILES string of the molecule is Clc1ncnc2cc3ccccc3cc12. The highest BCUT2D eigenvalue weighted by molar-refractivity contribution is 6.34. The monoisotopic (exact) mass is 214 g/mol. The Morgan fingerprint density at radius 1 is 0.933 bits per heavy atom. The summed E-state index contributed by atoms with van der Waals surface area (Å²) in [5, 5.41) is 3.73. The van der Waals surface area contributed by atoms with Crippen molar-refractivity contribution in [3.05, 3.63) is 47.9 Å². The predicted octanol–water partition coefficient (Wildman–Crippen LogP) is 3.44. The molecule has 0 fully saturated rings. The van der Waals surface area contributed by atoms with E-state index in [1.54, 1.807) is 0 Å². The van der Waals surface area contributed by atoms with Gasteiger partial charge in [-0.25, -0.2) is 9.97 Å². The van der Waals surface area contributed by atoms with E-state index in [9.17, 15) is 0 Å². The summed E-state index contributed by atoms with van der Waals surface area (Å²) in [5.41, 5.74) is 0.883. The van der Waals surface area contributed by atoms with E-state index < -0.39 is 0 Å². The van der Waals surface area contributed by atoms with E-state index >= 15 is 0 Å². The summed E-state index contributed by atoms with van der Waals surface area (Å²) in [5.74, 6) is 0. The zero-order valence-electron chi connectivity index (χ0n) is 7.81. The van der Waals surface area contributed by atoms with Gasteiger partial charge in [-0.2, -0.15) is 0 Å². The Morgan fingerprint density at radius 2 is 1.67 bits per heavy atom. The smallest absolute Gasteiger partial charge is 0.140 e. The van der Waals surface area contributed by atoms with E-state index in [-0.39, 0.29) is 0 Å². The molecule has 0 radical (unpaired) electrons. The first-order valence-electron chi connectivity index (χ1n) is 4.63. The molecule has 0 amide bonds. The van der Waals surface area contributed by atoms with Gasteiger partial charge in [0, 0.05) is 5.39 Å². The van der Waals surface area contributed by atoms with Gasteiger partial charge < -0.3 is 0 Å². The minimum atomic E-state index is 0.505. The van der Waals surface area contributed by atoms with E-state index in [1.807, 2.05) is 24.3 Å². The molecule has 1 aromatic heterocycles. The third-order valence-corrected chi connectivity index (χ3v) is 2.76. The van der Waals surface area contributed by atoms with E-state index in [2.05, 4.69) is 22.1 Å². The summed E-state index contributed by atoms with van der Waals surface area (Å²) in [4.78, 5) is 8.17. The lowest BCUT2D eigenvalue weighted by Crippen LogP contribution is -1.84. The van der Waals surface area contributed by atoms with Crippen LogP contribution < -0.4 is 0 Å². The molecule has 0 bridgehead atoms. The molecule has 72 valence electrons. The van der Waals surface area contributed by atoms with Crippen LogP contribution in [-0.2, 0) is 0 Å². The Morgan fingerprint density at radius 3 is 2.47 bits per heavy atom. The molecule has 3 aromatic rings. The standard InChI is InChI=1S/C12H7ClN2/c13-12-10-5-8-3-1-2-4-9(8)6-11(10)14-7-15-12/h1-7H. The van der Waals surface area contributed by atoms with Crippen LogP contribution in [0, 0.1) is 0 Å². The minimum absolute atomic E-state index is 0.505. The van der Waals surface area contributed by atoms with Crippen LogP contribution in [0.1, 0.15) is 0 Å². The first-order valence-corrected chi connectivity index (χ1v) is 5.01. The largest absolute Gasteiger partial charge is 0.236 e. The third kappa shape index (κ3) is 1.34. The Hall–Kier alpha value is -1.67. The maximum Gasteiger partial charge on any atom is 0.140 e. The van der Waals surface area contributed by atoms with E-state index in [4.69, 9.17) is 11.6 Å². The second kappa shape index (κ2) is 3.17. The molecule has 0 spiro atoms. The topological polar surface area (TPSA) is 25.8 Å². The molecular weight excluding hydrogens is 208 g/mol. The number of aromatic nitrogens is 2. The molecule has 0 aliphatic carbocycles. The van der Waals surface area contributed by atoms with Gasteiger partial charge in [0.15, 0.2) is 0 Å². The average molecular weight is 215 g/mol. The maximum absolute atomic E-state index is 6.01. The van der Waals surface area contributed by atoms with Crippen molar-refractivity contribution in [3.63, 3.8) is 0 Å². The van der Waals surface area contributed by atoms with Crippen molar-refractivity contribution in [1.29, 1.82) is 0 Å². The molecular formula is C12H7ClN2. The molecule has 0 saturated heterocycles. The third-order valence-electron chi connectivity index (χ3n) is 2.45. The van der Waals surface area contributed by atoms with Gasteiger partial charge in [-0.3, -0.25) is 0 Å². The van der Waals surface area contributed by atoms with Gasteiger partial charge in [-0.15, -0.1) is 0 Å². The molecule has 0 N–H and O–H groups in total. The molecule has 3 heteroatoms. The highest BCUT2D eigenvalue weighted by atomic mass is 35.5. The van der Waals surface area contributed by atoms with Crippen LogP contribution in [-0.4, -0.2) is 9.97 Å². The highest BCUT2D eigenvalue weighted by Gasteiger charge is 2.02. The highest BCUT2D eigenvalue weighted by Crippen LogP contribution is 2.24. The zero-order valence-corrected chi connectivity index (χ0v) is 8.57. The van der Waals surface area contributed by atoms with Crippen molar-refractivity contribution in [3.8, 4) is 0 Å². The van der Waals surface area contributed by atoms with Crippen molar-refractivity contribution >= 4 is 33.3 Å². The Balaban J connectivity index is 2.53. The van der Waals surface area contributed by atoms with Crippen LogP contribution in [0.4, 0.5) is 0 Å². The summed E-state index contributed by atoms with van der Waals surface area (Å²) >= 11 is 6.01. The van der Waals surface area contributed by atoms with Gasteiger partial charge >= 0.3 is 0 Å². The maximum atomic E-state index is 6.01. The number of benzene rings is 2. The summed E-state index contributed by atoms with van der Waals surface area (Å²) < 4.78 is 0. The molecule has 1 heterocycles. The Bertz CT molecular complexity index is 649. The van der Waals surface area contributed by atoms with Crippen LogP contribution in [0.5, 0.6) is 0 Å². The van der Waals surface area contributed by atoms with Crippen LogP contribution in [0.15, 0.2) is 42.7 Å². The van der Waals surface area contributed by atoms with Crippen molar-refractivity contribution in [2.45, 2.75) is 0 Å². The predicted molar refractivity (Wildman–Crippen MR) is 62.1 cm³/mol. The summed E-state index contributed by atoms with van der Waals surface area (Å²) in [6.45, 7) is 0. The van der Waals surface area contributed by atoms with E-state index in [1.165, 1.54) is 11.7 Å². The summed E-state index contributed by atoms with van der Waals surface area (Å²) in [6, 6.07) is 12.2. The van der Waals surface area contributed by atoms with Crippen LogP contribution >= 0.6 is 11.6 Å². The molecule has 0 saturated carbocycles. The van der Waals surface area contributed by atoms with Gasteiger partial charge in [0.1, 0.15) is 11.5 Å². The van der Waals surface area contributed by atoms with Gasteiger partial charge in [-0.1, -0.05) is 35.9 Å². The van der Waals surface area contributed by atoms with Crippen LogP contribution in [0.25, 0.3) is 21.7 Å². The number of fused-ring (bicyclic) bond motifs is 2. The fourth-order valence-electron chi connectivity index (χ4n) is 1.71. The lowest BCUT2D eigenvalue weighted by atomic mass is 10.1. The molecule has 2 nitrogen and oxygen atoms in total. The first kappa shape index (κ1) is 8.62. The van der Waals surface area contributed by atoms with Gasteiger partial charge in [0.05, 0.1) is 5.52 Å². The number of halogens is 1. The minimum Gasteiger partial charge on any atom is -0.236 e. The van der Waals surface area contributed by atoms with E-state index in [0.717, 1.165) is 16.3 Å². The Labute approximate surface area is 91.5 Å². The van der Waals surface area contributed by atoms with Crippen molar-refractivity contribution in [2.75, 3.05) is 0 Å². The fourth-order valence-corrected chi connectivity index (χ4v) is 1.91. The average Bonchev–Trinajstić information content (AvgIpc) is 2.27. The number of hydrogen-bond donors (Lipinski definition) is 0. The van der Waals surface area contributed by atoms with Gasteiger partial charge in [0.2, 0.25) is 0 Å². The molecule has 3 rings (SSSR count). The van der Waals surface area contributed by atoms with Crippen molar-refractivity contribution < 1.29 is 0 Å². The summed E-state index contributed by atoms with van der Waals surface area (Å²) in [7, 11) is 0. The lowest BCUT2D eigenvalue weighted by Gasteiger charge is -2.01. The number of nitrogens with zero attached hydrogens (tertiary/aromatic N) is 2. The zero-order chi connectivity index (χ0) is 10.3. The van der Waals surface area contributed by atoms with E-state index in [0.29, 0.717) is 5.15 Å².